The zero-order valence-corrected chi connectivity index (χ0v) is 20.3. The molecule has 0 saturated carbocycles. The average molecular weight is 519 g/mol. The van der Waals surface area contributed by atoms with Gasteiger partial charge >= 0.3 is 0 Å². The number of aliphatic hydroxyl groups excluding tert-OH is 2. The van der Waals surface area contributed by atoms with Gasteiger partial charge in [-0.2, -0.15) is 10.1 Å². The highest BCUT2D eigenvalue weighted by molar-refractivity contribution is 5.84. The van der Waals surface area contributed by atoms with Gasteiger partial charge in [0.15, 0.2) is 11.9 Å². The maximum Gasteiger partial charge on any atom is 0.295 e. The Morgan fingerprint density at radius 1 is 1.00 bits per heavy atom. The third-order valence-electron chi connectivity index (χ3n) is 6.74. The van der Waals surface area contributed by atoms with Gasteiger partial charge in [-0.15, -0.1) is 0 Å². The van der Waals surface area contributed by atoms with Crippen LogP contribution in [0.3, 0.4) is 0 Å². The normalized spacial score (nSPS) is 19.3. The first kappa shape index (κ1) is 24.2. The summed E-state index contributed by atoms with van der Waals surface area (Å²) in [4.78, 5) is 6.87. The Labute approximate surface area is 215 Å². The van der Waals surface area contributed by atoms with Gasteiger partial charge in [-0.1, -0.05) is 48.5 Å². The summed E-state index contributed by atoms with van der Waals surface area (Å²) in [7, 11) is 0. The Balaban J connectivity index is 1.25. The maximum atomic E-state index is 15.5. The average Bonchev–Trinajstić information content (AvgIpc) is 3.63. The molecule has 194 valence electrons. The lowest BCUT2D eigenvalue weighted by Crippen LogP contribution is -2.36. The van der Waals surface area contributed by atoms with Crippen molar-refractivity contribution in [2.75, 3.05) is 13.2 Å². The molecule has 0 bridgehead atoms. The number of rotatable bonds is 6. The highest BCUT2D eigenvalue weighted by Gasteiger charge is 2.37. The second-order valence-electron chi connectivity index (χ2n) is 9.26. The van der Waals surface area contributed by atoms with Gasteiger partial charge < -0.3 is 24.7 Å². The van der Waals surface area contributed by atoms with Crippen LogP contribution in [0.15, 0.2) is 60.7 Å². The number of aliphatic hydroxyl groups is 2. The SMILES string of the molecule is Cc1cc(-c2ccc(-c3ccc(-c4c(F)cc5[nH]c(OC6CO[C@H](CO)[C@H]6O)nc5c4F)cc3)cc2)[nH]n1. The first-order valence-electron chi connectivity index (χ1n) is 12.1. The number of aromatic nitrogens is 4. The molecule has 3 atom stereocenters. The highest BCUT2D eigenvalue weighted by atomic mass is 19.1. The molecule has 5 aromatic rings. The smallest absolute Gasteiger partial charge is 0.295 e. The van der Waals surface area contributed by atoms with E-state index in [2.05, 4.69) is 20.2 Å². The van der Waals surface area contributed by atoms with E-state index in [0.717, 1.165) is 34.1 Å². The lowest BCUT2D eigenvalue weighted by Gasteiger charge is -2.15. The largest absolute Gasteiger partial charge is 0.456 e. The molecule has 38 heavy (non-hydrogen) atoms. The zero-order valence-electron chi connectivity index (χ0n) is 20.3. The molecule has 3 heterocycles. The number of H-pyrrole nitrogens is 2. The summed E-state index contributed by atoms with van der Waals surface area (Å²) in [6, 6.07) is 17.9. The summed E-state index contributed by atoms with van der Waals surface area (Å²) in [6.45, 7) is 1.59. The van der Waals surface area contributed by atoms with Crippen molar-refractivity contribution < 1.29 is 28.5 Å². The van der Waals surface area contributed by atoms with Crippen LogP contribution in [-0.4, -0.2) is 61.9 Å². The molecule has 1 saturated heterocycles. The van der Waals surface area contributed by atoms with Crippen LogP contribution in [0.4, 0.5) is 8.78 Å². The van der Waals surface area contributed by atoms with Crippen molar-refractivity contribution in [2.45, 2.75) is 25.2 Å². The molecular weight excluding hydrogens is 494 g/mol. The molecule has 1 unspecified atom stereocenters. The molecule has 1 aliphatic heterocycles. The van der Waals surface area contributed by atoms with E-state index in [0.29, 0.717) is 5.56 Å². The summed E-state index contributed by atoms with van der Waals surface area (Å²) >= 11 is 0. The van der Waals surface area contributed by atoms with E-state index in [1.165, 1.54) is 0 Å². The second-order valence-corrected chi connectivity index (χ2v) is 9.26. The molecule has 10 heteroatoms. The van der Waals surface area contributed by atoms with Crippen LogP contribution in [0.25, 0.3) is 44.5 Å². The van der Waals surface area contributed by atoms with Crippen molar-refractivity contribution in [3.63, 3.8) is 0 Å². The quantitative estimate of drug-likeness (QED) is 0.265. The first-order chi connectivity index (χ1) is 18.4. The minimum absolute atomic E-state index is 0.0312. The third kappa shape index (κ3) is 4.32. The monoisotopic (exact) mass is 518 g/mol. The van der Waals surface area contributed by atoms with Gasteiger partial charge in [0.2, 0.25) is 0 Å². The molecule has 1 aliphatic rings. The van der Waals surface area contributed by atoms with E-state index >= 15 is 8.78 Å². The molecule has 0 radical (unpaired) electrons. The Bertz CT molecular complexity index is 1600. The Morgan fingerprint density at radius 3 is 2.26 bits per heavy atom. The van der Waals surface area contributed by atoms with Gasteiger partial charge in [0.25, 0.3) is 6.01 Å². The van der Waals surface area contributed by atoms with Crippen molar-refractivity contribution in [1.82, 2.24) is 20.2 Å². The number of aryl methyl sites for hydroxylation is 1. The third-order valence-corrected chi connectivity index (χ3v) is 6.74. The molecule has 3 aromatic carbocycles. The van der Waals surface area contributed by atoms with Gasteiger partial charge in [-0.25, -0.2) is 8.78 Å². The van der Waals surface area contributed by atoms with E-state index in [4.69, 9.17) is 9.47 Å². The van der Waals surface area contributed by atoms with Crippen LogP contribution in [0.1, 0.15) is 5.69 Å². The van der Waals surface area contributed by atoms with E-state index in [-0.39, 0.29) is 35.8 Å². The van der Waals surface area contributed by atoms with E-state index < -0.39 is 29.9 Å². The second kappa shape index (κ2) is 9.64. The molecule has 2 aromatic heterocycles. The fourth-order valence-corrected chi connectivity index (χ4v) is 4.68. The van der Waals surface area contributed by atoms with Gasteiger partial charge in [0, 0.05) is 6.07 Å². The van der Waals surface area contributed by atoms with Gasteiger partial charge in [-0.05, 0) is 35.2 Å². The van der Waals surface area contributed by atoms with Gasteiger partial charge in [0.1, 0.15) is 23.5 Å². The fraction of sp³-hybridized carbons (Fsp3) is 0.214. The minimum atomic E-state index is -1.07. The number of halogens is 2. The number of fused-ring (bicyclic) bond motifs is 1. The van der Waals surface area contributed by atoms with E-state index in [9.17, 15) is 10.2 Å². The minimum Gasteiger partial charge on any atom is -0.456 e. The molecule has 4 N–H and O–H groups in total. The summed E-state index contributed by atoms with van der Waals surface area (Å²) in [5, 5.41) is 26.5. The predicted octanol–water partition coefficient (Wildman–Crippen LogP) is 4.37. The highest BCUT2D eigenvalue weighted by Crippen LogP contribution is 2.34. The number of aromatic amines is 2. The molecule has 1 fully saturated rings. The fourth-order valence-electron chi connectivity index (χ4n) is 4.68. The Kier molecular flexibility index (Phi) is 6.15. The van der Waals surface area contributed by atoms with Gasteiger partial charge in [-0.3, -0.25) is 5.10 Å². The summed E-state index contributed by atoms with van der Waals surface area (Å²) in [5.74, 6) is -1.57. The van der Waals surface area contributed by atoms with Crippen molar-refractivity contribution in [3.8, 4) is 39.5 Å². The number of nitrogens with one attached hydrogen (secondary N) is 2. The molecule has 8 nitrogen and oxygen atoms in total. The first-order valence-corrected chi connectivity index (χ1v) is 12.1. The number of hydrogen-bond donors (Lipinski definition) is 4. The van der Waals surface area contributed by atoms with Crippen LogP contribution < -0.4 is 4.74 Å². The molecule has 6 rings (SSSR count). The summed E-state index contributed by atoms with van der Waals surface area (Å²) in [6.07, 6.45) is -2.65. The van der Waals surface area contributed by atoms with Crippen molar-refractivity contribution in [3.05, 3.63) is 78.0 Å². The van der Waals surface area contributed by atoms with Crippen molar-refractivity contribution in [1.29, 1.82) is 0 Å². The molecule has 0 spiro atoms. The number of nitrogens with zero attached hydrogens (tertiary/aromatic N) is 2. The van der Waals surface area contributed by atoms with Gasteiger partial charge in [0.05, 0.1) is 35.7 Å². The van der Waals surface area contributed by atoms with Crippen LogP contribution in [-0.2, 0) is 4.74 Å². The Hall–Kier alpha value is -4.12. The topological polar surface area (TPSA) is 116 Å². The van der Waals surface area contributed by atoms with Crippen LogP contribution >= 0.6 is 0 Å². The van der Waals surface area contributed by atoms with E-state index in [1.807, 2.05) is 49.4 Å². The summed E-state index contributed by atoms with van der Waals surface area (Å²) < 4.78 is 41.4. The van der Waals surface area contributed by atoms with Crippen LogP contribution in [0, 0.1) is 18.6 Å². The summed E-state index contributed by atoms with van der Waals surface area (Å²) in [5.41, 5.74) is 4.92. The van der Waals surface area contributed by atoms with Crippen LogP contribution in [0.2, 0.25) is 0 Å². The standard InChI is InChI=1S/C28H24F2N4O4/c1-14-10-20(34-33-14)17-6-2-15(3-7-17)16-4-8-18(9-5-16)24-19(29)11-21-26(25(24)30)32-28(31-21)38-23-13-37-22(12-35)27(23)36/h2-11,22-23,27,35-36H,12-13H2,1H3,(H,31,32)(H,33,34)/t22-,23?,27-/m1/s1. The molecule has 0 amide bonds. The lowest BCUT2D eigenvalue weighted by molar-refractivity contribution is -0.00390. The molecular formula is C28H24F2N4O4. The number of ether oxygens (including phenoxy) is 2. The van der Waals surface area contributed by atoms with Crippen molar-refractivity contribution >= 4 is 11.0 Å². The number of imidazole rings is 1. The van der Waals surface area contributed by atoms with E-state index in [1.54, 1.807) is 12.1 Å². The lowest BCUT2D eigenvalue weighted by atomic mass is 9.98. The number of hydrogen-bond acceptors (Lipinski definition) is 6. The zero-order chi connectivity index (χ0) is 26.4. The predicted molar refractivity (Wildman–Crippen MR) is 136 cm³/mol. The maximum absolute atomic E-state index is 15.5. The molecule has 0 aliphatic carbocycles. The van der Waals surface area contributed by atoms with Crippen molar-refractivity contribution in [2.24, 2.45) is 0 Å². The Morgan fingerprint density at radius 2 is 1.66 bits per heavy atom. The van der Waals surface area contributed by atoms with Crippen LogP contribution in [0.5, 0.6) is 6.01 Å². The number of benzene rings is 3.